The number of hydrogen-bond acceptors (Lipinski definition) is 6. The zero-order valence-corrected chi connectivity index (χ0v) is 13.9. The van der Waals surface area contributed by atoms with E-state index in [1.807, 2.05) is 0 Å². The van der Waals surface area contributed by atoms with Gasteiger partial charge in [0.2, 0.25) is 5.82 Å². The second-order valence-electron chi connectivity index (χ2n) is 3.93. The maximum atomic E-state index is 12.5. The number of halogens is 3. The summed E-state index contributed by atoms with van der Waals surface area (Å²) in [5.74, 6) is -2.43. The van der Waals surface area contributed by atoms with E-state index in [1.165, 1.54) is 0 Å². The summed E-state index contributed by atoms with van der Waals surface area (Å²) in [6.45, 7) is 0. The van der Waals surface area contributed by atoms with E-state index in [0.717, 1.165) is 12.3 Å². The van der Waals surface area contributed by atoms with Crippen LogP contribution in [0.2, 0.25) is 0 Å². The van der Waals surface area contributed by atoms with E-state index in [2.05, 4.69) is 20.1 Å². The predicted molar refractivity (Wildman–Crippen MR) is 61.7 cm³/mol. The molecular formula is C9H3F3KN7O2. The van der Waals surface area contributed by atoms with Crippen molar-refractivity contribution in [1.82, 2.24) is 24.6 Å². The van der Waals surface area contributed by atoms with Gasteiger partial charge in [0.25, 0.3) is 5.69 Å². The largest absolute Gasteiger partial charge is 1.00 e. The number of fused-ring (bicyclic) bond motifs is 2. The Morgan fingerprint density at radius 1 is 1.32 bits per heavy atom. The SMILES string of the molecule is [K+].[NH-]c1c2cc([N+](=O)[O-])cnc2nc2nc(C(F)(F)F)nn12. The zero-order valence-electron chi connectivity index (χ0n) is 10.8. The average Bonchev–Trinajstić information content (AvgIpc) is 2.82. The first-order chi connectivity index (χ1) is 9.77. The molecule has 3 aromatic rings. The number of hydrogen-bond donors (Lipinski definition) is 0. The minimum Gasteiger partial charge on any atom is -0.480 e. The maximum absolute atomic E-state index is 12.5. The Morgan fingerprint density at radius 2 is 2.00 bits per heavy atom. The molecule has 0 aliphatic carbocycles. The van der Waals surface area contributed by atoms with Crippen LogP contribution < -0.4 is 51.4 Å². The Labute approximate surface area is 161 Å². The third-order valence-electron chi connectivity index (χ3n) is 2.58. The van der Waals surface area contributed by atoms with Gasteiger partial charge in [0.15, 0.2) is 11.4 Å². The van der Waals surface area contributed by atoms with Crippen molar-refractivity contribution in [2.45, 2.75) is 6.18 Å². The standard InChI is InChI=1S/C9H3F3N7O2.K/c10-9(11,12)7-16-8-15-6-4(5(13)18(8)17-7)1-3(2-14-6)19(20)21;/h1-2,13H;/q-1;+1. The van der Waals surface area contributed by atoms with Crippen LogP contribution in [0, 0.1) is 10.1 Å². The van der Waals surface area contributed by atoms with E-state index >= 15 is 0 Å². The van der Waals surface area contributed by atoms with Crippen LogP contribution >= 0.6 is 0 Å². The van der Waals surface area contributed by atoms with Gasteiger partial charge >= 0.3 is 57.6 Å². The molecule has 3 rings (SSSR count). The van der Waals surface area contributed by atoms with Crippen LogP contribution in [0.1, 0.15) is 5.82 Å². The first kappa shape index (κ1) is 16.9. The summed E-state index contributed by atoms with van der Waals surface area (Å²) in [5, 5.41) is 13.7. The molecule has 0 unspecified atom stereocenters. The second-order valence-corrected chi connectivity index (χ2v) is 3.93. The van der Waals surface area contributed by atoms with E-state index in [0.29, 0.717) is 4.52 Å². The van der Waals surface area contributed by atoms with Crippen molar-refractivity contribution >= 4 is 28.3 Å². The fourth-order valence-electron chi connectivity index (χ4n) is 1.66. The van der Waals surface area contributed by atoms with Gasteiger partial charge in [-0.05, 0) is 5.82 Å². The zero-order chi connectivity index (χ0) is 15.4. The van der Waals surface area contributed by atoms with E-state index in [4.69, 9.17) is 5.73 Å². The second kappa shape index (κ2) is 5.66. The number of pyridine rings is 1. The van der Waals surface area contributed by atoms with Crippen LogP contribution in [0.3, 0.4) is 0 Å². The molecular weight excluding hydrogens is 334 g/mol. The van der Waals surface area contributed by atoms with Gasteiger partial charge in [0.1, 0.15) is 6.20 Å². The monoisotopic (exact) mass is 337 g/mol. The molecule has 0 amide bonds. The number of aromatic nitrogens is 5. The normalized spacial score (nSPS) is 11.6. The summed E-state index contributed by atoms with van der Waals surface area (Å²) in [7, 11) is 0. The Balaban J connectivity index is 0.00000176. The molecule has 108 valence electrons. The van der Waals surface area contributed by atoms with Gasteiger partial charge in [-0.1, -0.05) is 0 Å². The van der Waals surface area contributed by atoms with Gasteiger partial charge in [0, 0.05) is 11.5 Å². The number of nitro groups is 1. The maximum Gasteiger partial charge on any atom is 1.00 e. The van der Waals surface area contributed by atoms with Crippen molar-refractivity contribution < 1.29 is 69.5 Å². The summed E-state index contributed by atoms with van der Waals surface area (Å²) < 4.78 is 38.2. The van der Waals surface area contributed by atoms with Crippen molar-refractivity contribution in [3.63, 3.8) is 0 Å². The summed E-state index contributed by atoms with van der Waals surface area (Å²) in [6, 6.07) is 0.992. The number of nitrogens with one attached hydrogen (secondary N) is 1. The van der Waals surface area contributed by atoms with E-state index in [-0.39, 0.29) is 62.4 Å². The Kier molecular flexibility index (Phi) is 4.36. The molecule has 0 aliphatic rings. The first-order valence-corrected chi connectivity index (χ1v) is 5.27. The average molecular weight is 337 g/mol. The minimum absolute atomic E-state index is 0. The molecule has 0 saturated heterocycles. The quantitative estimate of drug-likeness (QED) is 0.328. The van der Waals surface area contributed by atoms with Gasteiger partial charge in [-0.25, -0.2) is 20.1 Å². The van der Waals surface area contributed by atoms with Crippen molar-refractivity contribution in [2.75, 3.05) is 0 Å². The molecule has 13 heteroatoms. The van der Waals surface area contributed by atoms with Crippen molar-refractivity contribution in [2.24, 2.45) is 0 Å². The summed E-state index contributed by atoms with van der Waals surface area (Å²) in [5.41, 5.74) is 7.24. The van der Waals surface area contributed by atoms with E-state index < -0.39 is 34.2 Å². The minimum atomic E-state index is -4.79. The molecule has 3 aromatic heterocycles. The molecule has 0 aromatic carbocycles. The Bertz CT molecular complexity index is 894. The van der Waals surface area contributed by atoms with Crippen LogP contribution in [-0.4, -0.2) is 29.5 Å². The summed E-state index contributed by atoms with van der Waals surface area (Å²) >= 11 is 0. The smallest absolute Gasteiger partial charge is 0.480 e. The molecule has 9 nitrogen and oxygen atoms in total. The van der Waals surface area contributed by atoms with Crippen molar-refractivity contribution in [3.05, 3.63) is 33.9 Å². The molecule has 0 fully saturated rings. The molecule has 1 N–H and O–H groups in total. The van der Waals surface area contributed by atoms with Gasteiger partial charge in [-0.2, -0.15) is 13.2 Å². The number of alkyl halides is 3. The van der Waals surface area contributed by atoms with E-state index in [9.17, 15) is 23.3 Å². The van der Waals surface area contributed by atoms with Gasteiger partial charge in [-0.15, -0.1) is 0 Å². The van der Waals surface area contributed by atoms with Crippen molar-refractivity contribution in [1.29, 1.82) is 0 Å². The molecule has 0 radical (unpaired) electrons. The van der Waals surface area contributed by atoms with E-state index in [1.54, 1.807) is 0 Å². The molecule has 0 atom stereocenters. The van der Waals surface area contributed by atoms with Crippen molar-refractivity contribution in [3.8, 4) is 0 Å². The molecule has 3 heterocycles. The predicted octanol–water partition coefficient (Wildman–Crippen LogP) is -0.713. The number of rotatable bonds is 1. The van der Waals surface area contributed by atoms with Crippen LogP contribution in [0.4, 0.5) is 24.7 Å². The third kappa shape index (κ3) is 2.77. The van der Waals surface area contributed by atoms with Gasteiger partial charge in [-0.3, -0.25) is 10.1 Å². The van der Waals surface area contributed by atoms with Crippen LogP contribution in [-0.2, 0) is 6.18 Å². The van der Waals surface area contributed by atoms with Crippen LogP contribution in [0.25, 0.3) is 22.5 Å². The van der Waals surface area contributed by atoms with Crippen LogP contribution in [0.15, 0.2) is 12.3 Å². The number of nitrogens with zero attached hydrogens (tertiary/aromatic N) is 6. The molecule has 0 saturated carbocycles. The summed E-state index contributed by atoms with van der Waals surface area (Å²) in [4.78, 5) is 20.5. The Hall–Kier alpha value is -1.41. The van der Waals surface area contributed by atoms with Crippen LogP contribution in [0.5, 0.6) is 0 Å². The molecule has 22 heavy (non-hydrogen) atoms. The third-order valence-corrected chi connectivity index (χ3v) is 2.58. The fourth-order valence-corrected chi connectivity index (χ4v) is 1.66. The Morgan fingerprint density at radius 3 is 2.59 bits per heavy atom. The van der Waals surface area contributed by atoms with Gasteiger partial charge in [0.05, 0.1) is 4.92 Å². The first-order valence-electron chi connectivity index (χ1n) is 5.27. The molecule has 0 bridgehead atoms. The topological polar surface area (TPSA) is 123 Å². The van der Waals surface area contributed by atoms with Gasteiger partial charge < -0.3 is 10.2 Å². The fraction of sp³-hybridized carbons (Fsp3) is 0.111. The molecule has 0 aliphatic heterocycles. The molecule has 0 spiro atoms. The summed E-state index contributed by atoms with van der Waals surface area (Å²) in [6.07, 6.45) is -3.89.